The number of carbonyl (C=O) groups is 1. The number of piperidine rings is 1. The van der Waals surface area contributed by atoms with Crippen LogP contribution in [0.2, 0.25) is 0 Å². The summed E-state index contributed by atoms with van der Waals surface area (Å²) in [5, 5.41) is 3.43. The summed E-state index contributed by atoms with van der Waals surface area (Å²) in [4.78, 5) is 15.9. The maximum atomic E-state index is 13.8. The van der Waals surface area contributed by atoms with Gasteiger partial charge in [-0.2, -0.15) is 12.6 Å². The number of anilines is 1. The van der Waals surface area contributed by atoms with Crippen molar-refractivity contribution in [1.29, 1.82) is 0 Å². The lowest BCUT2D eigenvalue weighted by molar-refractivity contribution is -0.125. The highest BCUT2D eigenvalue weighted by atomic mass is 32.1. The van der Waals surface area contributed by atoms with Crippen molar-refractivity contribution in [3.05, 3.63) is 23.8 Å². The number of unbranched alkanes of at least 4 members (excludes halogenated alkanes) is 1. The average molecular weight is 556 g/mol. The number of hydrogen-bond acceptors (Lipinski definition) is 4. The molecule has 1 saturated heterocycles. The predicted molar refractivity (Wildman–Crippen MR) is 172 cm³/mol. The molecular formula is C33H56BN2O2S. The maximum absolute atomic E-state index is 13.8. The number of benzene rings is 1. The third-order valence-electron chi connectivity index (χ3n) is 10.2. The Morgan fingerprint density at radius 3 is 2.26 bits per heavy atom. The van der Waals surface area contributed by atoms with Gasteiger partial charge in [-0.1, -0.05) is 77.9 Å². The second-order valence-corrected chi connectivity index (χ2v) is 15.2. The lowest BCUT2D eigenvalue weighted by Gasteiger charge is -2.42. The largest absolute Gasteiger partial charge is 0.428 e. The molecule has 3 aliphatic rings. The first kappa shape index (κ1) is 32.5. The second-order valence-electron chi connectivity index (χ2n) is 14.1. The van der Waals surface area contributed by atoms with Gasteiger partial charge in [0.1, 0.15) is 0 Å². The molecule has 4 nitrogen and oxygen atoms in total. The van der Waals surface area contributed by atoms with Crippen LogP contribution in [0.4, 0.5) is 5.69 Å². The summed E-state index contributed by atoms with van der Waals surface area (Å²) < 4.78 is 5.88. The normalized spacial score (nSPS) is 22.7. The Bertz CT molecular complexity index is 959. The van der Waals surface area contributed by atoms with Gasteiger partial charge in [-0.25, -0.2) is 0 Å². The van der Waals surface area contributed by atoms with E-state index in [0.29, 0.717) is 17.4 Å². The molecule has 1 N–H and O–H groups in total. The first-order chi connectivity index (χ1) is 18.2. The fraction of sp³-hybridized carbons (Fsp3) is 0.788. The molecule has 2 heterocycles. The highest BCUT2D eigenvalue weighted by molar-refractivity contribution is 7.81. The molecule has 1 saturated carbocycles. The molecule has 2 fully saturated rings. The van der Waals surface area contributed by atoms with Crippen LogP contribution in [-0.2, 0) is 14.9 Å². The van der Waals surface area contributed by atoms with Crippen molar-refractivity contribution in [2.24, 2.45) is 11.3 Å². The average Bonchev–Trinajstić information content (AvgIpc) is 3.08. The summed E-state index contributed by atoms with van der Waals surface area (Å²) in [6.45, 7) is 21.5. The van der Waals surface area contributed by atoms with E-state index in [0.717, 1.165) is 55.8 Å². The third-order valence-corrected chi connectivity index (χ3v) is 10.7. The number of rotatable bonds is 10. The van der Waals surface area contributed by atoms with Gasteiger partial charge in [0.15, 0.2) is 0 Å². The molecule has 0 bridgehead atoms. The predicted octanol–water partition coefficient (Wildman–Crippen LogP) is 7.20. The molecule has 1 aromatic carbocycles. The fourth-order valence-corrected chi connectivity index (χ4v) is 5.87. The minimum atomic E-state index is -0.413. The second kappa shape index (κ2) is 12.9. The van der Waals surface area contributed by atoms with E-state index in [1.54, 1.807) is 0 Å². The number of thiol groups is 1. The summed E-state index contributed by atoms with van der Waals surface area (Å²) in [6, 6.07) is 6.81. The van der Waals surface area contributed by atoms with E-state index in [9.17, 15) is 4.79 Å². The topological polar surface area (TPSA) is 41.6 Å². The van der Waals surface area contributed by atoms with Crippen LogP contribution in [0.15, 0.2) is 18.2 Å². The molecule has 1 aliphatic carbocycles. The van der Waals surface area contributed by atoms with E-state index < -0.39 is 5.60 Å². The first-order valence-electron chi connectivity index (χ1n) is 15.6. The van der Waals surface area contributed by atoms with E-state index in [2.05, 4.69) is 90.7 Å². The number of fused-ring (bicyclic) bond motifs is 2. The van der Waals surface area contributed by atoms with Gasteiger partial charge >= 0.3 is 7.48 Å². The fourth-order valence-electron chi connectivity index (χ4n) is 5.82. The molecule has 4 rings (SSSR count). The summed E-state index contributed by atoms with van der Waals surface area (Å²) in [5.41, 5.74) is 3.18. The standard InChI is InChI=1S/C24H36BN2O2S.C9H20/c1-6-16-13-18(14-16)27-20-15-17(25-29-22(2,3)23(4,5)30)7-8-19(20)24(21(27)28)9-11-26-12-10-24;1-5-7-8-9(3,4)6-2/h7-8,15-16,18,26,30H,6,9-14H2,1-5H3;5-8H2,1-4H3. The van der Waals surface area contributed by atoms with E-state index in [4.69, 9.17) is 17.3 Å². The Kier molecular flexibility index (Phi) is 10.8. The zero-order valence-corrected chi connectivity index (χ0v) is 27.3. The van der Waals surface area contributed by atoms with Gasteiger partial charge in [0.05, 0.1) is 11.0 Å². The molecule has 0 atom stereocenters. The van der Waals surface area contributed by atoms with Crippen molar-refractivity contribution >= 4 is 37.2 Å². The Hall–Kier alpha value is -0.975. The Labute approximate surface area is 246 Å². The highest BCUT2D eigenvalue weighted by Crippen LogP contribution is 2.50. The van der Waals surface area contributed by atoms with Gasteiger partial charge in [-0.05, 0) is 95.9 Å². The SMILES string of the molecule is CCC1CC(N2C(=O)C3(CCNCC3)c3ccc([B]OC(C)(C)C(C)(C)S)cc32)C1.CCCCC(C)(C)CC. The summed E-state index contributed by atoms with van der Waals surface area (Å²) in [6.07, 6.45) is 10.7. The highest BCUT2D eigenvalue weighted by Gasteiger charge is 2.54. The van der Waals surface area contributed by atoms with Crippen molar-refractivity contribution in [3.8, 4) is 0 Å². The number of amides is 1. The van der Waals surface area contributed by atoms with Crippen LogP contribution in [0.25, 0.3) is 0 Å². The quantitative estimate of drug-likeness (QED) is 0.237. The van der Waals surface area contributed by atoms with Crippen molar-refractivity contribution in [2.45, 2.75) is 142 Å². The van der Waals surface area contributed by atoms with Crippen molar-refractivity contribution < 1.29 is 9.45 Å². The first-order valence-corrected chi connectivity index (χ1v) is 16.1. The third kappa shape index (κ3) is 7.27. The van der Waals surface area contributed by atoms with E-state index >= 15 is 0 Å². The maximum Gasteiger partial charge on any atom is 0.330 e. The Morgan fingerprint density at radius 2 is 1.72 bits per heavy atom. The Balaban J connectivity index is 0.000000403. The van der Waals surface area contributed by atoms with Crippen LogP contribution in [-0.4, -0.2) is 42.9 Å². The molecule has 2 aliphatic heterocycles. The number of nitrogens with one attached hydrogen (secondary N) is 1. The lowest BCUT2D eigenvalue weighted by atomic mass is 9.73. The zero-order chi connectivity index (χ0) is 29.1. The van der Waals surface area contributed by atoms with Gasteiger partial charge in [-0.15, -0.1) is 0 Å². The number of carbonyl (C=O) groups excluding carboxylic acids is 1. The minimum absolute atomic E-state index is 0.275. The minimum Gasteiger partial charge on any atom is -0.428 e. The number of nitrogens with zero attached hydrogens (tertiary/aromatic N) is 1. The molecule has 0 unspecified atom stereocenters. The molecule has 39 heavy (non-hydrogen) atoms. The molecule has 0 aromatic heterocycles. The molecule has 1 aromatic rings. The summed E-state index contributed by atoms with van der Waals surface area (Å²) >= 11 is 4.70. The van der Waals surface area contributed by atoms with Crippen LogP contribution in [0, 0.1) is 11.3 Å². The summed E-state index contributed by atoms with van der Waals surface area (Å²) in [5.74, 6) is 1.08. The lowest BCUT2D eigenvalue weighted by Crippen LogP contribution is -2.53. The van der Waals surface area contributed by atoms with E-state index in [1.165, 1.54) is 37.7 Å². The Morgan fingerprint density at radius 1 is 1.08 bits per heavy atom. The number of hydrogen-bond donors (Lipinski definition) is 2. The van der Waals surface area contributed by atoms with Crippen molar-refractivity contribution in [2.75, 3.05) is 18.0 Å². The molecule has 1 amide bonds. The van der Waals surface area contributed by atoms with Crippen molar-refractivity contribution in [3.63, 3.8) is 0 Å². The van der Waals surface area contributed by atoms with Gasteiger partial charge in [0.2, 0.25) is 5.91 Å². The van der Waals surface area contributed by atoms with Gasteiger partial charge < -0.3 is 14.9 Å². The molecule has 1 spiro atoms. The molecule has 6 heteroatoms. The van der Waals surface area contributed by atoms with E-state index in [-0.39, 0.29) is 10.2 Å². The van der Waals surface area contributed by atoms with Crippen LogP contribution < -0.4 is 15.7 Å². The molecule has 219 valence electrons. The summed E-state index contributed by atoms with van der Waals surface area (Å²) in [7, 11) is 1.84. The van der Waals surface area contributed by atoms with Gasteiger partial charge in [0.25, 0.3) is 0 Å². The molecular weight excluding hydrogens is 499 g/mol. The monoisotopic (exact) mass is 555 g/mol. The zero-order valence-electron chi connectivity index (χ0n) is 26.5. The smallest absolute Gasteiger partial charge is 0.330 e. The van der Waals surface area contributed by atoms with Crippen molar-refractivity contribution in [1.82, 2.24) is 5.32 Å². The van der Waals surface area contributed by atoms with Gasteiger partial charge in [-0.3, -0.25) is 4.79 Å². The van der Waals surface area contributed by atoms with Crippen LogP contribution in [0.5, 0.6) is 0 Å². The van der Waals surface area contributed by atoms with Crippen LogP contribution in [0.3, 0.4) is 0 Å². The van der Waals surface area contributed by atoms with Crippen LogP contribution >= 0.6 is 12.6 Å². The van der Waals surface area contributed by atoms with E-state index in [1.807, 2.05) is 7.48 Å². The molecule has 1 radical (unpaired) electrons. The van der Waals surface area contributed by atoms with Crippen LogP contribution in [0.1, 0.15) is 126 Å². The van der Waals surface area contributed by atoms with Gasteiger partial charge in [0, 0.05) is 16.5 Å².